The predicted molar refractivity (Wildman–Crippen MR) is 73.7 cm³/mol. The number of nitrogens with zero attached hydrogens (tertiary/aromatic N) is 1. The average molecular weight is 283 g/mol. The fourth-order valence-electron chi connectivity index (χ4n) is 3.83. The maximum atomic E-state index is 10.5. The third-order valence-electron chi connectivity index (χ3n) is 5.17. The van der Waals surface area contributed by atoms with Crippen molar-refractivity contribution in [1.29, 1.82) is 0 Å². The first kappa shape index (κ1) is 14.3. The van der Waals surface area contributed by atoms with E-state index >= 15 is 0 Å². The van der Waals surface area contributed by atoms with Gasteiger partial charge in [-0.25, -0.2) is 4.79 Å². The van der Waals surface area contributed by atoms with Crippen LogP contribution >= 0.6 is 0 Å². The number of hydrogen-bond acceptors (Lipinski definition) is 4. The lowest BCUT2D eigenvalue weighted by Crippen LogP contribution is -2.54. The van der Waals surface area contributed by atoms with Crippen LogP contribution in [0.5, 0.6) is 0 Å². The molecule has 20 heavy (non-hydrogen) atoms. The summed E-state index contributed by atoms with van der Waals surface area (Å²) in [7, 11) is 0. The molecule has 0 aromatic carbocycles. The molecule has 1 spiro atoms. The molecule has 1 atom stereocenters. The van der Waals surface area contributed by atoms with Gasteiger partial charge in [0.05, 0.1) is 11.7 Å². The lowest BCUT2D eigenvalue weighted by Gasteiger charge is -2.50. The minimum Gasteiger partial charge on any atom is -0.480 e. The number of ether oxygens (including phenoxy) is 2. The Morgan fingerprint density at radius 1 is 1.30 bits per heavy atom. The molecule has 1 saturated carbocycles. The quantitative estimate of drug-likeness (QED) is 0.850. The third-order valence-corrected chi connectivity index (χ3v) is 5.17. The zero-order valence-corrected chi connectivity index (χ0v) is 12.1. The molecule has 2 aliphatic heterocycles. The molecule has 3 rings (SSSR count). The Bertz CT molecular complexity index is 348. The molecular weight excluding hydrogens is 258 g/mol. The fraction of sp³-hybridized carbons (Fsp3) is 0.933. The Kier molecular flexibility index (Phi) is 4.29. The molecule has 3 fully saturated rings. The van der Waals surface area contributed by atoms with Gasteiger partial charge in [0.15, 0.2) is 0 Å². The molecular formula is C15H25NO4. The molecule has 1 unspecified atom stereocenters. The number of aliphatic carboxylic acids is 1. The van der Waals surface area contributed by atoms with Crippen LogP contribution in [0.15, 0.2) is 0 Å². The topological polar surface area (TPSA) is 59.0 Å². The summed E-state index contributed by atoms with van der Waals surface area (Å²) in [5.41, 5.74) is 0.208. The Labute approximate surface area is 120 Å². The Balaban J connectivity index is 1.44. The summed E-state index contributed by atoms with van der Waals surface area (Å²) in [5.74, 6) is -0.871. The first-order chi connectivity index (χ1) is 9.67. The van der Waals surface area contributed by atoms with E-state index in [-0.39, 0.29) is 18.3 Å². The van der Waals surface area contributed by atoms with E-state index in [2.05, 4.69) is 4.90 Å². The summed E-state index contributed by atoms with van der Waals surface area (Å²) in [6, 6.07) is 0.657. The number of carboxylic acids is 1. The van der Waals surface area contributed by atoms with Crippen LogP contribution in [0.2, 0.25) is 0 Å². The second-order valence-electron chi connectivity index (χ2n) is 6.47. The van der Waals surface area contributed by atoms with Crippen molar-refractivity contribution in [3.05, 3.63) is 0 Å². The van der Waals surface area contributed by atoms with Crippen LogP contribution in [0.3, 0.4) is 0 Å². The van der Waals surface area contributed by atoms with E-state index in [0.717, 1.165) is 39.0 Å². The second-order valence-corrected chi connectivity index (χ2v) is 6.47. The lowest BCUT2D eigenvalue weighted by atomic mass is 9.73. The Morgan fingerprint density at radius 2 is 2.05 bits per heavy atom. The van der Waals surface area contributed by atoms with Crippen molar-refractivity contribution < 1.29 is 19.4 Å². The predicted octanol–water partition coefficient (Wildman–Crippen LogP) is 1.65. The van der Waals surface area contributed by atoms with Gasteiger partial charge in [0.25, 0.3) is 0 Å². The van der Waals surface area contributed by atoms with Crippen molar-refractivity contribution in [3.63, 3.8) is 0 Å². The van der Waals surface area contributed by atoms with Crippen molar-refractivity contribution in [2.75, 3.05) is 26.3 Å². The van der Waals surface area contributed by atoms with Crippen LogP contribution in [0, 0.1) is 0 Å². The second kappa shape index (κ2) is 6.00. The van der Waals surface area contributed by atoms with Crippen LogP contribution in [-0.4, -0.2) is 60.0 Å². The van der Waals surface area contributed by atoms with E-state index in [9.17, 15) is 4.79 Å². The van der Waals surface area contributed by atoms with Crippen molar-refractivity contribution in [1.82, 2.24) is 4.90 Å². The number of carboxylic acid groups (broad SMARTS) is 1. The van der Waals surface area contributed by atoms with Gasteiger partial charge in [0, 0.05) is 25.7 Å². The molecule has 1 aliphatic carbocycles. The number of carbonyl (C=O) groups is 1. The number of likely N-dealkylation sites (tertiary alicyclic amines) is 1. The Hall–Kier alpha value is -0.650. The van der Waals surface area contributed by atoms with Gasteiger partial charge in [-0.05, 0) is 44.9 Å². The molecule has 0 aromatic rings. The van der Waals surface area contributed by atoms with E-state index in [0.29, 0.717) is 6.04 Å². The summed E-state index contributed by atoms with van der Waals surface area (Å²) < 4.78 is 11.4. The molecule has 0 aromatic heterocycles. The highest BCUT2D eigenvalue weighted by Gasteiger charge is 2.44. The van der Waals surface area contributed by atoms with Gasteiger partial charge in [0.1, 0.15) is 6.61 Å². The molecule has 114 valence electrons. The summed E-state index contributed by atoms with van der Waals surface area (Å²) in [5, 5.41) is 8.64. The maximum Gasteiger partial charge on any atom is 0.329 e. The van der Waals surface area contributed by atoms with Crippen molar-refractivity contribution in [2.24, 2.45) is 0 Å². The minimum atomic E-state index is -0.871. The molecule has 5 heteroatoms. The summed E-state index contributed by atoms with van der Waals surface area (Å²) >= 11 is 0. The lowest BCUT2D eigenvalue weighted by molar-refractivity contribution is -0.154. The van der Waals surface area contributed by atoms with Gasteiger partial charge in [-0.2, -0.15) is 0 Å². The molecule has 5 nitrogen and oxygen atoms in total. The SMILES string of the molecule is O=C(O)COC1CCN(C2CCOC3(CCC3)C2)CC1. The molecule has 3 aliphatic rings. The van der Waals surface area contributed by atoms with Crippen molar-refractivity contribution in [2.45, 2.75) is 62.7 Å². The molecule has 2 saturated heterocycles. The number of rotatable bonds is 4. The highest BCUT2D eigenvalue weighted by atomic mass is 16.5. The summed E-state index contributed by atoms with van der Waals surface area (Å²) in [6.07, 6.45) is 8.16. The van der Waals surface area contributed by atoms with Gasteiger partial charge in [-0.1, -0.05) is 0 Å². The standard InChI is InChI=1S/C15H25NO4/c17-14(18)11-19-13-2-7-16(8-3-13)12-4-9-20-15(10-12)5-1-6-15/h12-13H,1-11H2,(H,17,18). The molecule has 0 bridgehead atoms. The van der Waals surface area contributed by atoms with Crippen molar-refractivity contribution in [3.8, 4) is 0 Å². The maximum absolute atomic E-state index is 10.5. The van der Waals surface area contributed by atoms with Crippen LogP contribution in [0.1, 0.15) is 44.9 Å². The van der Waals surface area contributed by atoms with E-state index < -0.39 is 5.97 Å². The first-order valence-electron chi connectivity index (χ1n) is 7.88. The average Bonchev–Trinajstić information content (AvgIpc) is 2.44. The third kappa shape index (κ3) is 3.15. The van der Waals surface area contributed by atoms with E-state index in [1.54, 1.807) is 0 Å². The largest absolute Gasteiger partial charge is 0.480 e. The summed E-state index contributed by atoms with van der Waals surface area (Å²) in [6.45, 7) is 2.81. The monoisotopic (exact) mass is 283 g/mol. The number of piperidine rings is 1. The molecule has 0 radical (unpaired) electrons. The molecule has 2 heterocycles. The zero-order valence-electron chi connectivity index (χ0n) is 12.1. The number of hydrogen-bond donors (Lipinski definition) is 1. The highest BCUT2D eigenvalue weighted by molar-refractivity contribution is 5.68. The van der Waals surface area contributed by atoms with Gasteiger partial charge in [0.2, 0.25) is 0 Å². The van der Waals surface area contributed by atoms with Gasteiger partial charge in [-0.15, -0.1) is 0 Å². The minimum absolute atomic E-state index is 0.125. The van der Waals surface area contributed by atoms with E-state index in [1.807, 2.05) is 0 Å². The smallest absolute Gasteiger partial charge is 0.329 e. The van der Waals surface area contributed by atoms with Crippen LogP contribution in [-0.2, 0) is 14.3 Å². The molecule has 1 N–H and O–H groups in total. The van der Waals surface area contributed by atoms with Crippen LogP contribution < -0.4 is 0 Å². The van der Waals surface area contributed by atoms with Crippen molar-refractivity contribution >= 4 is 5.97 Å². The van der Waals surface area contributed by atoms with Gasteiger partial charge in [-0.3, -0.25) is 4.90 Å². The van der Waals surface area contributed by atoms with Gasteiger partial charge < -0.3 is 14.6 Å². The highest BCUT2D eigenvalue weighted by Crippen LogP contribution is 2.43. The fourth-order valence-corrected chi connectivity index (χ4v) is 3.83. The van der Waals surface area contributed by atoms with Crippen LogP contribution in [0.4, 0.5) is 0 Å². The normalized spacial score (nSPS) is 31.1. The van der Waals surface area contributed by atoms with E-state index in [1.165, 1.54) is 25.7 Å². The van der Waals surface area contributed by atoms with Crippen LogP contribution in [0.25, 0.3) is 0 Å². The Morgan fingerprint density at radius 3 is 2.65 bits per heavy atom. The first-order valence-corrected chi connectivity index (χ1v) is 7.88. The zero-order chi connectivity index (χ0) is 14.0. The summed E-state index contributed by atoms with van der Waals surface area (Å²) in [4.78, 5) is 13.1. The van der Waals surface area contributed by atoms with E-state index in [4.69, 9.17) is 14.6 Å². The molecule has 0 amide bonds. The van der Waals surface area contributed by atoms with Gasteiger partial charge >= 0.3 is 5.97 Å².